The summed E-state index contributed by atoms with van der Waals surface area (Å²) in [5.41, 5.74) is 7.14. The molecule has 0 amide bonds. The van der Waals surface area contributed by atoms with Gasteiger partial charge in [-0.2, -0.15) is 0 Å². The summed E-state index contributed by atoms with van der Waals surface area (Å²) in [4.78, 5) is 10.5. The maximum absolute atomic E-state index is 11.0. The number of rotatable bonds is 6. The number of hydrogen-bond acceptors (Lipinski definition) is 5. The summed E-state index contributed by atoms with van der Waals surface area (Å²) in [6.45, 7) is 0.598. The van der Waals surface area contributed by atoms with Crippen molar-refractivity contribution in [2.75, 3.05) is 7.11 Å². The van der Waals surface area contributed by atoms with E-state index in [1.807, 2.05) is 24.3 Å². The fourth-order valence-corrected chi connectivity index (χ4v) is 1.94. The summed E-state index contributed by atoms with van der Waals surface area (Å²) < 4.78 is 10.6. The topological polar surface area (TPSA) is 87.6 Å². The van der Waals surface area contributed by atoms with Crippen LogP contribution in [-0.2, 0) is 13.2 Å². The first-order valence-corrected chi connectivity index (χ1v) is 6.37. The third kappa shape index (κ3) is 3.49. The Labute approximate surface area is 122 Å². The Balaban J connectivity index is 2.17. The van der Waals surface area contributed by atoms with Crippen LogP contribution in [-0.4, -0.2) is 12.0 Å². The highest BCUT2D eigenvalue weighted by Crippen LogP contribution is 2.28. The Kier molecular flexibility index (Phi) is 4.73. The smallest absolute Gasteiger partial charge is 0.311 e. The fraction of sp³-hybridized carbons (Fsp3) is 0.200. The maximum Gasteiger partial charge on any atom is 0.311 e. The molecule has 2 rings (SSSR count). The van der Waals surface area contributed by atoms with Crippen LogP contribution in [0.15, 0.2) is 42.5 Å². The van der Waals surface area contributed by atoms with Gasteiger partial charge in [0.2, 0.25) is 0 Å². The molecule has 2 aromatic carbocycles. The molecule has 2 aromatic rings. The van der Waals surface area contributed by atoms with Gasteiger partial charge in [0.25, 0.3) is 0 Å². The summed E-state index contributed by atoms with van der Waals surface area (Å²) in [6, 6.07) is 12.2. The van der Waals surface area contributed by atoms with Crippen molar-refractivity contribution in [2.24, 2.45) is 5.73 Å². The second kappa shape index (κ2) is 6.71. The highest BCUT2D eigenvalue weighted by molar-refractivity contribution is 5.48. The van der Waals surface area contributed by atoms with Crippen molar-refractivity contribution in [1.29, 1.82) is 0 Å². The monoisotopic (exact) mass is 288 g/mol. The molecule has 6 heteroatoms. The first-order valence-electron chi connectivity index (χ1n) is 6.37. The van der Waals surface area contributed by atoms with Gasteiger partial charge in [-0.25, -0.2) is 0 Å². The number of hydrogen-bond donors (Lipinski definition) is 1. The molecule has 0 heterocycles. The van der Waals surface area contributed by atoms with Crippen LogP contribution < -0.4 is 15.2 Å². The lowest BCUT2D eigenvalue weighted by molar-refractivity contribution is -0.385. The zero-order valence-electron chi connectivity index (χ0n) is 11.6. The normalized spacial score (nSPS) is 10.2. The summed E-state index contributed by atoms with van der Waals surface area (Å²) >= 11 is 0. The first kappa shape index (κ1) is 14.8. The number of ether oxygens (including phenoxy) is 2. The largest absolute Gasteiger partial charge is 0.490 e. The van der Waals surface area contributed by atoms with E-state index in [0.717, 1.165) is 5.56 Å². The second-order valence-corrected chi connectivity index (χ2v) is 4.36. The minimum atomic E-state index is -0.476. The molecule has 0 saturated heterocycles. The Morgan fingerprint density at radius 1 is 1.19 bits per heavy atom. The highest BCUT2D eigenvalue weighted by atomic mass is 16.6. The number of nitrogens with two attached hydrogens (primary N) is 1. The molecule has 0 spiro atoms. The maximum atomic E-state index is 11.0. The summed E-state index contributed by atoms with van der Waals surface area (Å²) in [5, 5.41) is 11.0. The lowest BCUT2D eigenvalue weighted by Gasteiger charge is -2.10. The van der Waals surface area contributed by atoms with E-state index in [1.54, 1.807) is 12.1 Å². The minimum absolute atomic E-state index is 0.0780. The van der Waals surface area contributed by atoms with Gasteiger partial charge < -0.3 is 15.2 Å². The van der Waals surface area contributed by atoms with E-state index in [1.165, 1.54) is 13.2 Å². The Morgan fingerprint density at radius 2 is 1.95 bits per heavy atom. The summed E-state index contributed by atoms with van der Waals surface area (Å²) in [5.74, 6) is 0.907. The predicted molar refractivity (Wildman–Crippen MR) is 78.3 cm³/mol. The molecule has 0 aromatic heterocycles. The van der Waals surface area contributed by atoms with Crippen molar-refractivity contribution < 1.29 is 14.4 Å². The van der Waals surface area contributed by atoms with Crippen LogP contribution in [0.3, 0.4) is 0 Å². The first-order chi connectivity index (χ1) is 10.2. The third-order valence-electron chi connectivity index (χ3n) is 3.03. The van der Waals surface area contributed by atoms with Crippen LogP contribution in [0, 0.1) is 10.1 Å². The van der Waals surface area contributed by atoms with Crippen molar-refractivity contribution in [2.45, 2.75) is 13.2 Å². The molecule has 2 N–H and O–H groups in total. The number of methoxy groups -OCH3 is 1. The second-order valence-electron chi connectivity index (χ2n) is 4.36. The molecule has 21 heavy (non-hydrogen) atoms. The quantitative estimate of drug-likeness (QED) is 0.652. The van der Waals surface area contributed by atoms with E-state index in [-0.39, 0.29) is 18.0 Å². The molecule has 0 fully saturated rings. The van der Waals surface area contributed by atoms with E-state index in [9.17, 15) is 10.1 Å². The Bertz CT molecular complexity index is 643. The zero-order valence-corrected chi connectivity index (χ0v) is 11.6. The van der Waals surface area contributed by atoms with Gasteiger partial charge >= 0.3 is 5.69 Å². The van der Waals surface area contributed by atoms with Crippen molar-refractivity contribution in [3.05, 3.63) is 63.7 Å². The average Bonchev–Trinajstić information content (AvgIpc) is 2.52. The molecule has 0 aliphatic heterocycles. The van der Waals surface area contributed by atoms with Crippen LogP contribution >= 0.6 is 0 Å². The van der Waals surface area contributed by atoms with Gasteiger partial charge in [-0.3, -0.25) is 10.1 Å². The van der Waals surface area contributed by atoms with E-state index in [4.69, 9.17) is 15.2 Å². The standard InChI is InChI=1S/C15H16N2O4/c1-20-15-7-6-11(8-13(15)17(18)19)10-21-14-5-3-2-4-12(14)9-16/h2-8H,9-10,16H2,1H3. The number of benzene rings is 2. The molecular weight excluding hydrogens is 272 g/mol. The molecule has 6 nitrogen and oxygen atoms in total. The average molecular weight is 288 g/mol. The van der Waals surface area contributed by atoms with Crippen LogP contribution in [0.5, 0.6) is 11.5 Å². The number of nitro benzene ring substituents is 1. The van der Waals surface area contributed by atoms with Crippen LogP contribution in [0.25, 0.3) is 0 Å². The summed E-state index contributed by atoms with van der Waals surface area (Å²) in [6.07, 6.45) is 0. The molecule has 0 aliphatic rings. The van der Waals surface area contributed by atoms with E-state index in [2.05, 4.69) is 0 Å². The van der Waals surface area contributed by atoms with Gasteiger partial charge in [-0.05, 0) is 17.7 Å². The number of nitro groups is 1. The van der Waals surface area contributed by atoms with Gasteiger partial charge in [0, 0.05) is 18.2 Å². The van der Waals surface area contributed by atoms with Gasteiger partial charge in [-0.15, -0.1) is 0 Å². The van der Waals surface area contributed by atoms with Crippen molar-refractivity contribution in [3.8, 4) is 11.5 Å². The molecular formula is C15H16N2O4. The molecule has 0 bridgehead atoms. The zero-order chi connectivity index (χ0) is 15.2. The van der Waals surface area contributed by atoms with Crippen molar-refractivity contribution in [1.82, 2.24) is 0 Å². The molecule has 110 valence electrons. The third-order valence-corrected chi connectivity index (χ3v) is 3.03. The van der Waals surface area contributed by atoms with Crippen LogP contribution in [0.4, 0.5) is 5.69 Å². The van der Waals surface area contributed by atoms with Gasteiger partial charge in [0.05, 0.1) is 12.0 Å². The highest BCUT2D eigenvalue weighted by Gasteiger charge is 2.15. The van der Waals surface area contributed by atoms with Gasteiger partial charge in [-0.1, -0.05) is 24.3 Å². The van der Waals surface area contributed by atoms with Gasteiger partial charge in [0.1, 0.15) is 12.4 Å². The van der Waals surface area contributed by atoms with E-state index >= 15 is 0 Å². The lowest BCUT2D eigenvalue weighted by Crippen LogP contribution is -2.03. The predicted octanol–water partition coefficient (Wildman–Crippen LogP) is 2.64. The summed E-state index contributed by atoms with van der Waals surface area (Å²) in [7, 11) is 1.40. The van der Waals surface area contributed by atoms with Crippen molar-refractivity contribution in [3.63, 3.8) is 0 Å². The number of nitrogens with zero attached hydrogens (tertiary/aromatic N) is 1. The minimum Gasteiger partial charge on any atom is -0.490 e. The lowest BCUT2D eigenvalue weighted by atomic mass is 10.2. The van der Waals surface area contributed by atoms with Gasteiger partial charge in [0.15, 0.2) is 5.75 Å². The molecule has 0 aliphatic carbocycles. The van der Waals surface area contributed by atoms with E-state index in [0.29, 0.717) is 17.9 Å². The number of para-hydroxylation sites is 1. The molecule has 0 atom stereocenters. The molecule has 0 unspecified atom stereocenters. The van der Waals surface area contributed by atoms with Crippen LogP contribution in [0.1, 0.15) is 11.1 Å². The SMILES string of the molecule is COc1ccc(COc2ccccc2CN)cc1[N+](=O)[O-]. The van der Waals surface area contributed by atoms with Crippen molar-refractivity contribution >= 4 is 5.69 Å². The molecule has 0 saturated carbocycles. The Morgan fingerprint density at radius 3 is 2.62 bits per heavy atom. The molecule has 0 radical (unpaired) electrons. The Hall–Kier alpha value is -2.60. The fourth-order valence-electron chi connectivity index (χ4n) is 1.94. The van der Waals surface area contributed by atoms with E-state index < -0.39 is 4.92 Å². The van der Waals surface area contributed by atoms with Crippen LogP contribution in [0.2, 0.25) is 0 Å².